The zero-order chi connectivity index (χ0) is 15.5. The van der Waals surface area contributed by atoms with Crippen LogP contribution in [-0.2, 0) is 13.1 Å². The largest absolute Gasteiger partial charge is 0.278 e. The molecule has 0 radical (unpaired) electrons. The molecule has 0 spiro atoms. The first kappa shape index (κ1) is 15.5. The topological polar surface area (TPSA) is 6.48 Å². The van der Waals surface area contributed by atoms with Crippen molar-refractivity contribution in [3.05, 3.63) is 67.2 Å². The first-order chi connectivity index (χ1) is 11.4. The average molecular weight is 361 g/mol. The molecule has 23 heavy (non-hydrogen) atoms. The number of hydrogen-bond acceptors (Lipinski definition) is 5. The normalized spacial score (nSPS) is 17.7. The van der Waals surface area contributed by atoms with Gasteiger partial charge in [0.25, 0.3) is 0 Å². The van der Waals surface area contributed by atoms with Crippen LogP contribution in [0, 0.1) is 0 Å². The second-order valence-corrected chi connectivity index (χ2v) is 8.89. The molecule has 0 N–H and O–H groups in total. The van der Waals surface area contributed by atoms with E-state index in [0.29, 0.717) is 6.17 Å². The van der Waals surface area contributed by atoms with Gasteiger partial charge in [-0.25, -0.2) is 0 Å². The zero-order valence-corrected chi connectivity index (χ0v) is 15.4. The highest BCUT2D eigenvalue weighted by Crippen LogP contribution is 2.35. The molecule has 0 atom stereocenters. The molecule has 4 heterocycles. The summed E-state index contributed by atoms with van der Waals surface area (Å²) < 4.78 is 0. The van der Waals surface area contributed by atoms with Gasteiger partial charge in [0.2, 0.25) is 0 Å². The fourth-order valence-electron chi connectivity index (χ4n) is 3.29. The highest BCUT2D eigenvalue weighted by Gasteiger charge is 2.31. The fraction of sp³-hybridized carbons (Fsp3) is 0.333. The van der Waals surface area contributed by atoms with Crippen molar-refractivity contribution < 1.29 is 0 Å². The van der Waals surface area contributed by atoms with E-state index in [-0.39, 0.29) is 0 Å². The zero-order valence-electron chi connectivity index (χ0n) is 12.9. The summed E-state index contributed by atoms with van der Waals surface area (Å²) in [6.07, 6.45) is 1.66. The molecule has 1 aliphatic heterocycles. The molecule has 1 fully saturated rings. The van der Waals surface area contributed by atoms with Gasteiger partial charge in [-0.1, -0.05) is 18.2 Å². The third-order valence-corrected chi connectivity index (χ3v) is 6.89. The second kappa shape index (κ2) is 7.28. The molecule has 0 amide bonds. The van der Waals surface area contributed by atoms with E-state index in [1.807, 2.05) is 34.0 Å². The summed E-state index contributed by atoms with van der Waals surface area (Å²) in [7, 11) is 0. The lowest BCUT2D eigenvalue weighted by Gasteiger charge is -2.43. The monoisotopic (exact) mass is 360 g/mol. The van der Waals surface area contributed by atoms with E-state index in [4.69, 9.17) is 0 Å². The van der Waals surface area contributed by atoms with Crippen LogP contribution < -0.4 is 0 Å². The van der Waals surface area contributed by atoms with Crippen LogP contribution in [0.15, 0.2) is 52.5 Å². The maximum atomic E-state index is 2.65. The Morgan fingerprint density at radius 1 is 0.783 bits per heavy atom. The second-order valence-electron chi connectivity index (χ2n) is 5.84. The molecule has 0 saturated carbocycles. The van der Waals surface area contributed by atoms with Gasteiger partial charge in [-0.2, -0.15) is 0 Å². The molecule has 0 aromatic carbocycles. The van der Waals surface area contributed by atoms with Gasteiger partial charge in [-0.15, -0.1) is 34.0 Å². The van der Waals surface area contributed by atoms with Crippen LogP contribution in [0.3, 0.4) is 0 Å². The van der Waals surface area contributed by atoms with E-state index < -0.39 is 0 Å². The molecular formula is C18H20N2S3. The van der Waals surface area contributed by atoms with Crippen molar-refractivity contribution in [2.45, 2.75) is 25.7 Å². The van der Waals surface area contributed by atoms with Crippen molar-refractivity contribution in [2.24, 2.45) is 0 Å². The summed E-state index contributed by atoms with van der Waals surface area (Å²) in [5.74, 6) is 0. The number of thiophene rings is 3. The molecule has 0 bridgehead atoms. The third kappa shape index (κ3) is 3.59. The van der Waals surface area contributed by atoms with Crippen LogP contribution in [0.2, 0.25) is 0 Å². The Balaban J connectivity index is 1.59. The van der Waals surface area contributed by atoms with Gasteiger partial charge in [0.15, 0.2) is 0 Å². The Bertz CT molecular complexity index is 645. The summed E-state index contributed by atoms with van der Waals surface area (Å²) in [4.78, 5) is 9.69. The minimum atomic E-state index is 0.410. The van der Waals surface area contributed by atoms with Gasteiger partial charge >= 0.3 is 0 Å². The maximum Gasteiger partial charge on any atom is 0.0987 e. The summed E-state index contributed by atoms with van der Waals surface area (Å²) >= 11 is 5.62. The van der Waals surface area contributed by atoms with Crippen LogP contribution in [0.4, 0.5) is 0 Å². The summed E-state index contributed by atoms with van der Waals surface area (Å²) in [5, 5.41) is 6.57. The predicted molar refractivity (Wildman–Crippen MR) is 101 cm³/mol. The van der Waals surface area contributed by atoms with Crippen molar-refractivity contribution >= 4 is 34.0 Å². The molecule has 4 rings (SSSR count). The number of rotatable bonds is 5. The Morgan fingerprint density at radius 3 is 1.83 bits per heavy atom. The molecule has 120 valence electrons. The highest BCUT2D eigenvalue weighted by molar-refractivity contribution is 7.10. The van der Waals surface area contributed by atoms with Crippen LogP contribution in [0.5, 0.6) is 0 Å². The first-order valence-corrected chi connectivity index (χ1v) is 10.6. The molecule has 0 unspecified atom stereocenters. The van der Waals surface area contributed by atoms with Crippen molar-refractivity contribution in [3.63, 3.8) is 0 Å². The number of nitrogens with zero attached hydrogens (tertiary/aromatic N) is 2. The highest BCUT2D eigenvalue weighted by atomic mass is 32.1. The minimum Gasteiger partial charge on any atom is -0.278 e. The van der Waals surface area contributed by atoms with Crippen molar-refractivity contribution in [1.82, 2.24) is 9.80 Å². The molecule has 2 nitrogen and oxygen atoms in total. The molecule has 3 aromatic heterocycles. The third-order valence-electron chi connectivity index (χ3n) is 4.26. The predicted octanol–water partition coefficient (Wildman–Crippen LogP) is 5.28. The van der Waals surface area contributed by atoms with Gasteiger partial charge in [0, 0.05) is 40.8 Å². The van der Waals surface area contributed by atoms with Crippen molar-refractivity contribution in [2.75, 3.05) is 13.1 Å². The summed E-state index contributed by atoms with van der Waals surface area (Å²) in [6.45, 7) is 4.48. The fourth-order valence-corrected chi connectivity index (χ4v) is 5.64. The molecule has 1 saturated heterocycles. The van der Waals surface area contributed by atoms with E-state index in [0.717, 1.165) is 13.1 Å². The van der Waals surface area contributed by atoms with Crippen molar-refractivity contribution in [3.8, 4) is 0 Å². The van der Waals surface area contributed by atoms with Gasteiger partial charge in [-0.3, -0.25) is 9.80 Å². The van der Waals surface area contributed by atoms with E-state index in [1.165, 1.54) is 34.1 Å². The first-order valence-electron chi connectivity index (χ1n) is 7.96. The van der Waals surface area contributed by atoms with Gasteiger partial charge in [-0.05, 0) is 40.8 Å². The van der Waals surface area contributed by atoms with E-state index >= 15 is 0 Å². The van der Waals surface area contributed by atoms with Gasteiger partial charge in [0.1, 0.15) is 0 Å². The van der Waals surface area contributed by atoms with E-state index in [9.17, 15) is 0 Å². The average Bonchev–Trinajstić information content (AvgIpc) is 3.31. The van der Waals surface area contributed by atoms with E-state index in [1.54, 1.807) is 0 Å². The lowest BCUT2D eigenvalue weighted by Crippen LogP contribution is -2.46. The molecule has 1 aliphatic rings. The molecule has 5 heteroatoms. The SMILES string of the molecule is c1csc(CN2CCCN(Cc3cccs3)C2c2cccs2)c1. The van der Waals surface area contributed by atoms with Crippen molar-refractivity contribution in [1.29, 1.82) is 0 Å². The van der Waals surface area contributed by atoms with E-state index in [2.05, 4.69) is 62.3 Å². The quantitative estimate of drug-likeness (QED) is 0.611. The van der Waals surface area contributed by atoms with Crippen LogP contribution in [-0.4, -0.2) is 22.9 Å². The Hall–Kier alpha value is -0.980. The maximum absolute atomic E-state index is 2.65. The molecule has 0 aliphatic carbocycles. The van der Waals surface area contributed by atoms with Crippen LogP contribution in [0.25, 0.3) is 0 Å². The Morgan fingerprint density at radius 2 is 1.35 bits per heavy atom. The lowest BCUT2D eigenvalue weighted by atomic mass is 10.1. The summed E-state index contributed by atoms with van der Waals surface area (Å²) in [6, 6.07) is 13.3. The minimum absolute atomic E-state index is 0.410. The standard InChI is InChI=1S/C18H20N2S3/c1-5-15(21-10-1)13-19-8-4-9-20(14-16-6-2-11-22-16)18(19)17-7-3-12-23-17/h1-3,5-7,10-12,18H,4,8-9,13-14H2. The Labute approximate surface area is 149 Å². The van der Waals surface area contributed by atoms with Crippen LogP contribution in [0.1, 0.15) is 27.2 Å². The van der Waals surface area contributed by atoms with Gasteiger partial charge < -0.3 is 0 Å². The molecule has 3 aromatic rings. The lowest BCUT2D eigenvalue weighted by molar-refractivity contribution is -0.00566. The smallest absolute Gasteiger partial charge is 0.0987 e. The Kier molecular flexibility index (Phi) is 4.92. The molecular weight excluding hydrogens is 340 g/mol. The summed E-state index contributed by atoms with van der Waals surface area (Å²) in [5.41, 5.74) is 0. The van der Waals surface area contributed by atoms with Crippen LogP contribution >= 0.6 is 34.0 Å². The van der Waals surface area contributed by atoms with Gasteiger partial charge in [0.05, 0.1) is 6.17 Å². The number of hydrogen-bond donors (Lipinski definition) is 0.